The van der Waals surface area contributed by atoms with E-state index in [9.17, 15) is 0 Å². The van der Waals surface area contributed by atoms with Crippen LogP contribution < -0.4 is 0 Å². The van der Waals surface area contributed by atoms with Gasteiger partial charge in [0.25, 0.3) is 5.97 Å². The van der Waals surface area contributed by atoms with E-state index in [0.717, 1.165) is 12.8 Å². The van der Waals surface area contributed by atoms with Gasteiger partial charge < -0.3 is 25.5 Å². The monoisotopic (exact) mass is 210 g/mol. The molecule has 0 spiro atoms. The molecule has 0 bridgehead atoms. The highest BCUT2D eigenvalue weighted by atomic mass is 16.7. The lowest BCUT2D eigenvalue weighted by Gasteiger charge is -2.12. The Hall–Kier alpha value is -0.200. The Morgan fingerprint density at radius 3 is 1.79 bits per heavy atom. The first-order chi connectivity index (χ1) is 6.33. The quantitative estimate of drug-likeness (QED) is 0.313. The summed E-state index contributed by atoms with van der Waals surface area (Å²) in [6.07, 6.45) is 2.07. The first-order valence-electron chi connectivity index (χ1n) is 4.79. The van der Waals surface area contributed by atoms with Gasteiger partial charge in [-0.3, -0.25) is 0 Å². The maximum atomic E-state index is 8.36. The molecule has 88 valence electrons. The average Bonchev–Trinajstić information content (AvgIpc) is 2.04. The first kappa shape index (κ1) is 16.2. The number of aliphatic hydroxyl groups excluding tert-OH is 2. The van der Waals surface area contributed by atoms with E-state index < -0.39 is 12.1 Å². The summed E-state index contributed by atoms with van der Waals surface area (Å²) in [6, 6.07) is 0. The fourth-order valence-corrected chi connectivity index (χ4v) is 0.612. The van der Waals surface area contributed by atoms with Gasteiger partial charge in [0.15, 0.2) is 0 Å². The molecule has 0 heterocycles. The van der Waals surface area contributed by atoms with Gasteiger partial charge in [0.1, 0.15) is 0 Å². The summed E-state index contributed by atoms with van der Waals surface area (Å²) in [6.45, 7) is 3.40. The Labute approximate surface area is 84.6 Å². The van der Waals surface area contributed by atoms with Crippen LogP contribution in [-0.2, 0) is 0 Å². The van der Waals surface area contributed by atoms with Crippen LogP contribution in [0, 0.1) is 0 Å². The average molecular weight is 210 g/mol. The van der Waals surface area contributed by atoms with Crippen molar-refractivity contribution < 1.29 is 25.5 Å². The molecule has 0 aliphatic heterocycles. The molecule has 14 heavy (non-hydrogen) atoms. The fourth-order valence-electron chi connectivity index (χ4n) is 0.612. The van der Waals surface area contributed by atoms with Crippen LogP contribution in [0.25, 0.3) is 0 Å². The topological polar surface area (TPSA) is 101 Å². The van der Waals surface area contributed by atoms with Crippen molar-refractivity contribution in [1.29, 1.82) is 0 Å². The largest absolute Gasteiger partial charge is 0.394 e. The third-order valence-electron chi connectivity index (χ3n) is 1.38. The van der Waals surface area contributed by atoms with Gasteiger partial charge in [0.05, 0.1) is 12.7 Å². The molecule has 0 amide bonds. The van der Waals surface area contributed by atoms with Crippen LogP contribution in [0.4, 0.5) is 0 Å². The first-order valence-corrected chi connectivity index (χ1v) is 4.79. The number of aliphatic hydroxyl groups is 5. The second-order valence-electron chi connectivity index (χ2n) is 3.26. The lowest BCUT2D eigenvalue weighted by atomic mass is 10.2. The molecule has 0 aromatic carbocycles. The molecule has 0 saturated heterocycles. The number of unbranched alkanes of at least 4 members (excludes halogenated alkanes) is 2. The molecule has 0 aliphatic rings. The highest BCUT2D eigenvalue weighted by Crippen LogP contribution is 2.07. The summed E-state index contributed by atoms with van der Waals surface area (Å²) in [5.41, 5.74) is 0. The normalized spacial score (nSPS) is 13.1. The van der Waals surface area contributed by atoms with E-state index in [1.54, 1.807) is 0 Å². The zero-order chi connectivity index (χ0) is 11.6. The Bertz CT molecular complexity index is 108. The molecule has 0 rings (SSSR count). The van der Waals surface area contributed by atoms with Crippen molar-refractivity contribution in [3.63, 3.8) is 0 Å². The summed E-state index contributed by atoms with van der Waals surface area (Å²) in [7, 11) is 0. The standard InChI is InChI=1S/C6H14O3.C3H8O2/c1-2-3-4-5-6(7,8)9;1-3(5)2-4/h7-9H,2-5H2,1H3;3-5H,2H2,1H3. The lowest BCUT2D eigenvalue weighted by molar-refractivity contribution is -0.314. The predicted molar refractivity (Wildman–Crippen MR) is 52.3 cm³/mol. The molecule has 0 fully saturated rings. The Balaban J connectivity index is 0. The van der Waals surface area contributed by atoms with Crippen molar-refractivity contribution in [3.8, 4) is 0 Å². The Morgan fingerprint density at radius 2 is 1.57 bits per heavy atom. The van der Waals surface area contributed by atoms with Gasteiger partial charge in [0.2, 0.25) is 0 Å². The smallest absolute Gasteiger partial charge is 0.275 e. The van der Waals surface area contributed by atoms with E-state index in [4.69, 9.17) is 25.5 Å². The highest BCUT2D eigenvalue weighted by Gasteiger charge is 2.15. The molecule has 5 heteroatoms. The second-order valence-corrected chi connectivity index (χ2v) is 3.26. The van der Waals surface area contributed by atoms with Gasteiger partial charge in [-0.15, -0.1) is 0 Å². The van der Waals surface area contributed by atoms with E-state index in [-0.39, 0.29) is 13.0 Å². The summed E-state index contributed by atoms with van der Waals surface area (Å²) >= 11 is 0. The summed E-state index contributed by atoms with van der Waals surface area (Å²) < 4.78 is 0. The van der Waals surface area contributed by atoms with Crippen LogP contribution >= 0.6 is 0 Å². The van der Waals surface area contributed by atoms with Gasteiger partial charge in [-0.2, -0.15) is 0 Å². The van der Waals surface area contributed by atoms with Crippen molar-refractivity contribution in [2.75, 3.05) is 6.61 Å². The van der Waals surface area contributed by atoms with Gasteiger partial charge in [0, 0.05) is 6.42 Å². The van der Waals surface area contributed by atoms with Crippen LogP contribution in [0.3, 0.4) is 0 Å². The van der Waals surface area contributed by atoms with Crippen LogP contribution in [0.5, 0.6) is 0 Å². The minimum Gasteiger partial charge on any atom is -0.394 e. The fraction of sp³-hybridized carbons (Fsp3) is 1.00. The van der Waals surface area contributed by atoms with Gasteiger partial charge >= 0.3 is 0 Å². The van der Waals surface area contributed by atoms with E-state index in [2.05, 4.69) is 0 Å². The zero-order valence-electron chi connectivity index (χ0n) is 8.85. The van der Waals surface area contributed by atoms with Crippen molar-refractivity contribution in [2.45, 2.75) is 51.6 Å². The summed E-state index contributed by atoms with van der Waals surface area (Å²) in [5.74, 6) is -2.45. The van der Waals surface area contributed by atoms with E-state index in [1.165, 1.54) is 6.92 Å². The number of hydrogen-bond donors (Lipinski definition) is 5. The zero-order valence-corrected chi connectivity index (χ0v) is 8.85. The van der Waals surface area contributed by atoms with E-state index in [1.807, 2.05) is 6.92 Å². The maximum Gasteiger partial charge on any atom is 0.275 e. The molecular weight excluding hydrogens is 188 g/mol. The van der Waals surface area contributed by atoms with Crippen LogP contribution in [0.1, 0.15) is 39.5 Å². The van der Waals surface area contributed by atoms with Gasteiger partial charge in [-0.05, 0) is 13.3 Å². The molecule has 1 unspecified atom stereocenters. The molecule has 0 saturated carbocycles. The van der Waals surface area contributed by atoms with Crippen molar-refractivity contribution >= 4 is 0 Å². The van der Waals surface area contributed by atoms with Gasteiger partial charge in [-0.1, -0.05) is 19.8 Å². The highest BCUT2D eigenvalue weighted by molar-refractivity contribution is 4.47. The minimum atomic E-state index is -2.45. The molecule has 0 radical (unpaired) electrons. The Morgan fingerprint density at radius 1 is 1.14 bits per heavy atom. The summed E-state index contributed by atoms with van der Waals surface area (Å²) in [5, 5.41) is 41.1. The van der Waals surface area contributed by atoms with Crippen molar-refractivity contribution in [1.82, 2.24) is 0 Å². The van der Waals surface area contributed by atoms with E-state index >= 15 is 0 Å². The molecular formula is C9H22O5. The molecule has 0 aromatic heterocycles. The summed E-state index contributed by atoms with van der Waals surface area (Å²) in [4.78, 5) is 0. The maximum absolute atomic E-state index is 8.36. The third kappa shape index (κ3) is 22.6. The van der Waals surface area contributed by atoms with Crippen LogP contribution in [-0.4, -0.2) is 44.2 Å². The van der Waals surface area contributed by atoms with Crippen LogP contribution in [0.15, 0.2) is 0 Å². The Kier molecular flexibility index (Phi) is 10.9. The van der Waals surface area contributed by atoms with Crippen LogP contribution in [0.2, 0.25) is 0 Å². The molecule has 5 nitrogen and oxygen atoms in total. The minimum absolute atomic E-state index is 0.0425. The predicted octanol–water partition coefficient (Wildman–Crippen LogP) is -0.443. The molecule has 0 aliphatic carbocycles. The lowest BCUT2D eigenvalue weighted by Crippen LogP contribution is -2.26. The van der Waals surface area contributed by atoms with Crippen molar-refractivity contribution in [2.24, 2.45) is 0 Å². The second kappa shape index (κ2) is 9.36. The van der Waals surface area contributed by atoms with Crippen molar-refractivity contribution in [3.05, 3.63) is 0 Å². The molecule has 0 aromatic rings. The SMILES string of the molecule is CC(O)CO.CCCCCC(O)(O)O. The number of rotatable bonds is 5. The molecule has 5 N–H and O–H groups in total. The van der Waals surface area contributed by atoms with Gasteiger partial charge in [-0.25, -0.2) is 0 Å². The third-order valence-corrected chi connectivity index (χ3v) is 1.38. The van der Waals surface area contributed by atoms with E-state index in [0.29, 0.717) is 6.42 Å². The number of hydrogen-bond acceptors (Lipinski definition) is 5. The molecule has 1 atom stereocenters.